The van der Waals surface area contributed by atoms with Crippen molar-refractivity contribution in [3.8, 4) is 0 Å². The molecule has 2 rings (SSSR count). The summed E-state index contributed by atoms with van der Waals surface area (Å²) in [4.78, 5) is 27.2. The Labute approximate surface area is 169 Å². The van der Waals surface area contributed by atoms with E-state index in [-0.39, 0.29) is 17.5 Å². The number of carbonyl (C=O) groups is 2. The lowest BCUT2D eigenvalue weighted by Crippen LogP contribution is -2.22. The van der Waals surface area contributed by atoms with Crippen molar-refractivity contribution in [2.24, 2.45) is 11.8 Å². The van der Waals surface area contributed by atoms with Gasteiger partial charge in [0.1, 0.15) is 5.78 Å². The maximum absolute atomic E-state index is 12.2. The Hall–Kier alpha value is -1.18. The van der Waals surface area contributed by atoms with Crippen molar-refractivity contribution in [3.63, 3.8) is 0 Å². The number of thioether (sulfide) groups is 1. The molecule has 0 amide bonds. The lowest BCUT2D eigenvalue weighted by molar-refractivity contribution is -0.121. The van der Waals surface area contributed by atoms with Gasteiger partial charge in [-0.05, 0) is 38.5 Å². The van der Waals surface area contributed by atoms with Crippen molar-refractivity contribution < 1.29 is 19.8 Å². The highest BCUT2D eigenvalue weighted by Crippen LogP contribution is 2.35. The van der Waals surface area contributed by atoms with Crippen molar-refractivity contribution in [2.75, 3.05) is 5.75 Å². The maximum Gasteiger partial charge on any atom is 0.355 e. The molecule has 1 heterocycles. The van der Waals surface area contributed by atoms with Crippen LogP contribution in [0.1, 0.15) is 69.3 Å². The zero-order valence-electron chi connectivity index (χ0n) is 16.0. The van der Waals surface area contributed by atoms with Crippen LogP contribution in [0.4, 0.5) is 0 Å². The SMILES string of the molecule is CCCC[C@](C)(O)C/C=C/[C@H]1CCC(=O)[C@@H]1CCSc1nc(C(=O)O)cs1. The normalized spacial score (nSPS) is 22.4. The number of carboxylic acids is 1. The zero-order chi connectivity index (χ0) is 19.9. The molecule has 2 N–H and O–H groups in total. The van der Waals surface area contributed by atoms with Gasteiger partial charge < -0.3 is 10.2 Å². The second-order valence-electron chi connectivity index (χ2n) is 7.45. The van der Waals surface area contributed by atoms with Crippen LogP contribution in [0.5, 0.6) is 0 Å². The molecule has 1 fully saturated rings. The summed E-state index contributed by atoms with van der Waals surface area (Å²) in [5.74, 6) is 0.318. The van der Waals surface area contributed by atoms with Crippen molar-refractivity contribution in [3.05, 3.63) is 23.2 Å². The fourth-order valence-corrected chi connectivity index (χ4v) is 5.28. The van der Waals surface area contributed by atoms with Crippen LogP contribution in [0, 0.1) is 11.8 Å². The molecular weight excluding hydrogens is 382 g/mol. The van der Waals surface area contributed by atoms with Gasteiger partial charge in [-0.15, -0.1) is 11.3 Å². The number of allylic oxidation sites excluding steroid dienone is 1. The molecule has 1 aliphatic rings. The van der Waals surface area contributed by atoms with Crippen LogP contribution in [0.2, 0.25) is 0 Å². The number of aromatic nitrogens is 1. The number of carboxylic acid groups (broad SMARTS) is 1. The second kappa shape index (κ2) is 10.4. The number of Topliss-reactive ketones (excluding diaryl/α,β-unsaturated/α-hetero) is 1. The molecule has 0 bridgehead atoms. The van der Waals surface area contributed by atoms with Gasteiger partial charge in [-0.25, -0.2) is 9.78 Å². The first-order chi connectivity index (χ1) is 12.8. The van der Waals surface area contributed by atoms with E-state index in [0.29, 0.717) is 18.6 Å². The first kappa shape index (κ1) is 22.1. The van der Waals surface area contributed by atoms with Gasteiger partial charge in [0.15, 0.2) is 10.0 Å². The molecule has 0 unspecified atom stereocenters. The number of nitrogens with zero attached hydrogens (tertiary/aromatic N) is 1. The smallest absolute Gasteiger partial charge is 0.355 e. The molecule has 1 aromatic heterocycles. The maximum atomic E-state index is 12.2. The Morgan fingerprint density at radius 2 is 2.30 bits per heavy atom. The molecule has 150 valence electrons. The fourth-order valence-electron chi connectivity index (χ4n) is 3.39. The van der Waals surface area contributed by atoms with Gasteiger partial charge in [0, 0.05) is 23.5 Å². The molecular formula is C20H29NO4S2. The van der Waals surface area contributed by atoms with E-state index in [4.69, 9.17) is 5.11 Å². The number of hydrogen-bond acceptors (Lipinski definition) is 6. The van der Waals surface area contributed by atoms with Gasteiger partial charge in [0.25, 0.3) is 0 Å². The summed E-state index contributed by atoms with van der Waals surface area (Å²) in [6.07, 6.45) is 9.93. The summed E-state index contributed by atoms with van der Waals surface area (Å²) >= 11 is 2.84. The zero-order valence-corrected chi connectivity index (χ0v) is 17.7. The quantitative estimate of drug-likeness (QED) is 0.401. The van der Waals surface area contributed by atoms with Gasteiger partial charge in [-0.3, -0.25) is 4.79 Å². The first-order valence-corrected chi connectivity index (χ1v) is 11.4. The molecule has 0 saturated heterocycles. The van der Waals surface area contributed by atoms with Crippen molar-refractivity contribution in [1.29, 1.82) is 0 Å². The lowest BCUT2D eigenvalue weighted by atomic mass is 9.90. The molecule has 0 radical (unpaired) electrons. The Kier molecular flexibility index (Phi) is 8.51. The summed E-state index contributed by atoms with van der Waals surface area (Å²) in [6, 6.07) is 0. The van der Waals surface area contributed by atoms with Crippen LogP contribution < -0.4 is 0 Å². The van der Waals surface area contributed by atoms with Crippen molar-refractivity contribution in [2.45, 2.75) is 68.7 Å². The minimum absolute atomic E-state index is 0.0215. The molecule has 1 aliphatic carbocycles. The van der Waals surface area contributed by atoms with Crippen LogP contribution in [-0.4, -0.2) is 38.3 Å². The third kappa shape index (κ3) is 7.05. The molecule has 0 spiro atoms. The minimum atomic E-state index is -1.01. The topological polar surface area (TPSA) is 87.5 Å². The largest absolute Gasteiger partial charge is 0.476 e. The Morgan fingerprint density at radius 3 is 2.96 bits per heavy atom. The molecule has 5 nitrogen and oxygen atoms in total. The lowest BCUT2D eigenvalue weighted by Gasteiger charge is -2.21. The monoisotopic (exact) mass is 411 g/mol. The highest BCUT2D eigenvalue weighted by molar-refractivity contribution is 8.01. The number of carbonyl (C=O) groups excluding carboxylic acids is 1. The standard InChI is InChI=1S/C20H29NO4S2/c1-3-4-10-20(2,25)11-5-6-14-7-8-17(22)15(14)9-12-26-19-21-16(13-27-19)18(23)24/h5-6,13-15,25H,3-4,7-12H2,1-2H3,(H,23,24)/b6-5+/t14-,15+,20-/m0/s1. The molecule has 0 aliphatic heterocycles. The van der Waals surface area contributed by atoms with E-state index < -0.39 is 11.6 Å². The highest BCUT2D eigenvalue weighted by Gasteiger charge is 2.32. The summed E-state index contributed by atoms with van der Waals surface area (Å²) in [5, 5.41) is 20.8. The molecule has 7 heteroatoms. The predicted molar refractivity (Wildman–Crippen MR) is 110 cm³/mol. The van der Waals surface area contributed by atoms with E-state index in [1.54, 1.807) is 5.38 Å². The second-order valence-corrected chi connectivity index (χ2v) is 9.65. The summed E-state index contributed by atoms with van der Waals surface area (Å²) in [6.45, 7) is 3.99. The minimum Gasteiger partial charge on any atom is -0.476 e. The average molecular weight is 412 g/mol. The highest BCUT2D eigenvalue weighted by atomic mass is 32.2. The molecule has 0 aromatic carbocycles. The Balaban J connectivity index is 1.82. The van der Waals surface area contributed by atoms with Crippen molar-refractivity contribution in [1.82, 2.24) is 4.98 Å². The predicted octanol–water partition coefficient (Wildman–Crippen LogP) is 4.81. The van der Waals surface area contributed by atoms with E-state index in [9.17, 15) is 14.7 Å². The molecule has 1 saturated carbocycles. The number of unbranched alkanes of at least 4 members (excludes halogenated alkanes) is 1. The Bertz CT molecular complexity index is 669. The third-order valence-corrected chi connectivity index (χ3v) is 7.08. The van der Waals surface area contributed by atoms with Crippen LogP contribution in [0.15, 0.2) is 21.9 Å². The number of aromatic carboxylic acids is 1. The summed E-state index contributed by atoms with van der Waals surface area (Å²) in [7, 11) is 0. The summed E-state index contributed by atoms with van der Waals surface area (Å²) in [5.41, 5.74) is -0.594. The molecule has 27 heavy (non-hydrogen) atoms. The summed E-state index contributed by atoms with van der Waals surface area (Å²) < 4.78 is 0.733. The van der Waals surface area contributed by atoms with Gasteiger partial charge in [0.2, 0.25) is 0 Å². The van der Waals surface area contributed by atoms with Crippen molar-refractivity contribution >= 4 is 34.9 Å². The number of hydrogen-bond donors (Lipinski definition) is 2. The number of ketones is 1. The fraction of sp³-hybridized carbons (Fsp3) is 0.650. The van der Waals surface area contributed by atoms with Crippen LogP contribution in [0.3, 0.4) is 0 Å². The van der Waals surface area contributed by atoms with E-state index in [0.717, 1.165) is 42.2 Å². The Morgan fingerprint density at radius 1 is 1.52 bits per heavy atom. The average Bonchev–Trinajstić information content (AvgIpc) is 3.22. The van der Waals surface area contributed by atoms with Gasteiger partial charge in [-0.2, -0.15) is 0 Å². The van der Waals surface area contributed by atoms with Gasteiger partial charge in [0.05, 0.1) is 5.60 Å². The molecule has 3 atom stereocenters. The van der Waals surface area contributed by atoms with E-state index in [1.807, 2.05) is 13.0 Å². The first-order valence-electron chi connectivity index (χ1n) is 9.56. The molecule has 1 aromatic rings. The van der Waals surface area contributed by atoms with Crippen LogP contribution in [0.25, 0.3) is 0 Å². The van der Waals surface area contributed by atoms with E-state index in [2.05, 4.69) is 18.0 Å². The van der Waals surface area contributed by atoms with E-state index >= 15 is 0 Å². The van der Waals surface area contributed by atoms with Gasteiger partial charge >= 0.3 is 5.97 Å². The van der Waals surface area contributed by atoms with Crippen LogP contribution >= 0.6 is 23.1 Å². The number of rotatable bonds is 11. The number of aliphatic hydroxyl groups is 1. The van der Waals surface area contributed by atoms with Gasteiger partial charge in [-0.1, -0.05) is 43.7 Å². The van der Waals surface area contributed by atoms with E-state index in [1.165, 1.54) is 23.1 Å². The van der Waals surface area contributed by atoms with Crippen LogP contribution in [-0.2, 0) is 4.79 Å². The third-order valence-electron chi connectivity index (χ3n) is 5.02. The number of thiazole rings is 1.